The predicted molar refractivity (Wildman–Crippen MR) is 59.5 cm³/mol. The van der Waals surface area contributed by atoms with Crippen molar-refractivity contribution < 1.29 is 4.52 Å². The van der Waals surface area contributed by atoms with E-state index >= 15 is 0 Å². The minimum absolute atomic E-state index is 0.769. The molecule has 0 bridgehead atoms. The molecular weight excluding hydrogens is 190 g/mol. The molecule has 0 saturated carbocycles. The number of hydrogen-bond donors (Lipinski definition) is 1. The van der Waals surface area contributed by atoms with Gasteiger partial charge in [0.1, 0.15) is 0 Å². The maximum absolute atomic E-state index is 5.42. The van der Waals surface area contributed by atoms with E-state index in [1.54, 1.807) is 0 Å². The lowest BCUT2D eigenvalue weighted by Gasteiger charge is -1.94. The Morgan fingerprint density at radius 2 is 2.00 bits per heavy atom. The van der Waals surface area contributed by atoms with Crippen LogP contribution in [0.1, 0.15) is 50.7 Å². The van der Waals surface area contributed by atoms with Gasteiger partial charge in [0.2, 0.25) is 5.89 Å². The van der Waals surface area contributed by atoms with Gasteiger partial charge in [-0.2, -0.15) is 4.98 Å². The standard InChI is InChI=1S/C11H21N3O/c1-2-3-7-10-13-11(15-14-10)8-5-4-6-9-12/h2-9,12H2,1H3. The first-order chi connectivity index (χ1) is 7.36. The summed E-state index contributed by atoms with van der Waals surface area (Å²) in [6.07, 6.45) is 7.43. The zero-order chi connectivity index (χ0) is 10.9. The highest BCUT2D eigenvalue weighted by atomic mass is 16.5. The van der Waals surface area contributed by atoms with Crippen molar-refractivity contribution in [2.45, 2.75) is 51.9 Å². The Labute approximate surface area is 91.2 Å². The molecule has 0 aliphatic carbocycles. The average Bonchev–Trinajstić information content (AvgIpc) is 2.69. The Bertz CT molecular complexity index is 260. The van der Waals surface area contributed by atoms with Crippen LogP contribution in [0, 0.1) is 0 Å². The molecule has 0 spiro atoms. The molecule has 0 atom stereocenters. The SMILES string of the molecule is CCCCc1noc(CCCCCN)n1. The third-order valence-electron chi connectivity index (χ3n) is 2.36. The molecule has 86 valence electrons. The largest absolute Gasteiger partial charge is 0.339 e. The normalized spacial score (nSPS) is 10.8. The van der Waals surface area contributed by atoms with Crippen molar-refractivity contribution in [3.05, 3.63) is 11.7 Å². The highest BCUT2D eigenvalue weighted by Crippen LogP contribution is 2.06. The van der Waals surface area contributed by atoms with Gasteiger partial charge in [-0.3, -0.25) is 0 Å². The van der Waals surface area contributed by atoms with Crippen molar-refractivity contribution in [1.82, 2.24) is 10.1 Å². The van der Waals surface area contributed by atoms with Gasteiger partial charge in [-0.1, -0.05) is 24.9 Å². The van der Waals surface area contributed by atoms with Gasteiger partial charge < -0.3 is 10.3 Å². The molecule has 0 aliphatic rings. The van der Waals surface area contributed by atoms with Crippen LogP contribution in [0.2, 0.25) is 0 Å². The molecule has 0 aromatic carbocycles. The van der Waals surface area contributed by atoms with Crippen LogP contribution in [0.5, 0.6) is 0 Å². The van der Waals surface area contributed by atoms with Crippen LogP contribution in [-0.2, 0) is 12.8 Å². The van der Waals surface area contributed by atoms with Gasteiger partial charge in [-0.15, -0.1) is 0 Å². The van der Waals surface area contributed by atoms with Crippen molar-refractivity contribution >= 4 is 0 Å². The maximum Gasteiger partial charge on any atom is 0.226 e. The second kappa shape index (κ2) is 7.40. The van der Waals surface area contributed by atoms with Crippen molar-refractivity contribution in [2.24, 2.45) is 5.73 Å². The molecule has 0 saturated heterocycles. The van der Waals surface area contributed by atoms with Gasteiger partial charge in [-0.05, 0) is 25.8 Å². The lowest BCUT2D eigenvalue weighted by molar-refractivity contribution is 0.368. The molecule has 0 fully saturated rings. The number of nitrogens with two attached hydrogens (primary N) is 1. The molecule has 4 nitrogen and oxygen atoms in total. The number of unbranched alkanes of at least 4 members (excludes halogenated alkanes) is 3. The first kappa shape index (κ1) is 12.2. The quantitative estimate of drug-likeness (QED) is 0.669. The summed E-state index contributed by atoms with van der Waals surface area (Å²) >= 11 is 0. The van der Waals surface area contributed by atoms with Gasteiger partial charge >= 0.3 is 0 Å². The van der Waals surface area contributed by atoms with E-state index in [-0.39, 0.29) is 0 Å². The molecule has 0 unspecified atom stereocenters. The number of aryl methyl sites for hydroxylation is 2. The molecule has 1 aromatic heterocycles. The zero-order valence-corrected chi connectivity index (χ0v) is 9.54. The van der Waals surface area contributed by atoms with Crippen LogP contribution >= 0.6 is 0 Å². The van der Waals surface area contributed by atoms with Gasteiger partial charge in [0.15, 0.2) is 5.82 Å². The summed E-state index contributed by atoms with van der Waals surface area (Å²) in [5.41, 5.74) is 5.42. The average molecular weight is 211 g/mol. The first-order valence-corrected chi connectivity index (χ1v) is 5.88. The minimum Gasteiger partial charge on any atom is -0.339 e. The molecule has 1 heterocycles. The Morgan fingerprint density at radius 1 is 1.13 bits per heavy atom. The number of hydrogen-bond acceptors (Lipinski definition) is 4. The fourth-order valence-electron chi connectivity index (χ4n) is 1.43. The summed E-state index contributed by atoms with van der Waals surface area (Å²) in [7, 11) is 0. The predicted octanol–water partition coefficient (Wildman–Crippen LogP) is 2.08. The molecule has 1 rings (SSSR count). The molecular formula is C11H21N3O. The van der Waals surface area contributed by atoms with Gasteiger partial charge in [0.05, 0.1) is 0 Å². The van der Waals surface area contributed by atoms with E-state index in [1.165, 1.54) is 6.42 Å². The summed E-state index contributed by atoms with van der Waals surface area (Å²) < 4.78 is 5.15. The molecule has 4 heteroatoms. The molecule has 0 aliphatic heterocycles. The number of nitrogens with zero attached hydrogens (tertiary/aromatic N) is 2. The second-order valence-electron chi connectivity index (χ2n) is 3.81. The minimum atomic E-state index is 0.769. The van der Waals surface area contributed by atoms with E-state index in [4.69, 9.17) is 10.3 Å². The molecule has 1 aromatic rings. The van der Waals surface area contributed by atoms with Crippen molar-refractivity contribution in [2.75, 3.05) is 6.54 Å². The molecule has 15 heavy (non-hydrogen) atoms. The molecule has 2 N–H and O–H groups in total. The van der Waals surface area contributed by atoms with E-state index in [1.807, 2.05) is 0 Å². The van der Waals surface area contributed by atoms with Crippen molar-refractivity contribution in [1.29, 1.82) is 0 Å². The smallest absolute Gasteiger partial charge is 0.226 e. The Morgan fingerprint density at radius 3 is 2.73 bits per heavy atom. The Kier molecular flexibility index (Phi) is 6.00. The first-order valence-electron chi connectivity index (χ1n) is 5.88. The fraction of sp³-hybridized carbons (Fsp3) is 0.818. The van der Waals surface area contributed by atoms with E-state index in [0.717, 1.165) is 56.8 Å². The van der Waals surface area contributed by atoms with Crippen LogP contribution in [0.15, 0.2) is 4.52 Å². The van der Waals surface area contributed by atoms with Gasteiger partial charge in [-0.25, -0.2) is 0 Å². The summed E-state index contributed by atoms with van der Waals surface area (Å²) in [5, 5.41) is 3.94. The monoisotopic (exact) mass is 211 g/mol. The highest BCUT2D eigenvalue weighted by molar-refractivity contribution is 4.86. The Balaban J connectivity index is 2.20. The highest BCUT2D eigenvalue weighted by Gasteiger charge is 2.04. The topological polar surface area (TPSA) is 64.9 Å². The van der Waals surface area contributed by atoms with Crippen LogP contribution < -0.4 is 5.73 Å². The van der Waals surface area contributed by atoms with Crippen molar-refractivity contribution in [3.8, 4) is 0 Å². The fourth-order valence-corrected chi connectivity index (χ4v) is 1.43. The van der Waals surface area contributed by atoms with Crippen LogP contribution in [-0.4, -0.2) is 16.7 Å². The maximum atomic E-state index is 5.42. The second-order valence-corrected chi connectivity index (χ2v) is 3.81. The van der Waals surface area contributed by atoms with E-state index in [0.29, 0.717) is 0 Å². The summed E-state index contributed by atoms with van der Waals surface area (Å²) in [5.74, 6) is 1.63. The van der Waals surface area contributed by atoms with E-state index in [9.17, 15) is 0 Å². The third-order valence-corrected chi connectivity index (χ3v) is 2.36. The van der Waals surface area contributed by atoms with Gasteiger partial charge in [0, 0.05) is 12.8 Å². The van der Waals surface area contributed by atoms with Crippen LogP contribution in [0.25, 0.3) is 0 Å². The molecule has 0 radical (unpaired) electrons. The summed E-state index contributed by atoms with van der Waals surface area (Å²) in [6.45, 7) is 2.93. The summed E-state index contributed by atoms with van der Waals surface area (Å²) in [4.78, 5) is 4.34. The van der Waals surface area contributed by atoms with Gasteiger partial charge in [0.25, 0.3) is 0 Å². The number of aromatic nitrogens is 2. The van der Waals surface area contributed by atoms with E-state index in [2.05, 4.69) is 17.1 Å². The Hall–Kier alpha value is -0.900. The van der Waals surface area contributed by atoms with Crippen molar-refractivity contribution in [3.63, 3.8) is 0 Å². The molecule has 0 amide bonds. The third kappa shape index (κ3) is 4.93. The van der Waals surface area contributed by atoms with Crippen LogP contribution in [0.4, 0.5) is 0 Å². The van der Waals surface area contributed by atoms with E-state index < -0.39 is 0 Å². The zero-order valence-electron chi connectivity index (χ0n) is 9.54. The lowest BCUT2D eigenvalue weighted by atomic mass is 10.2. The summed E-state index contributed by atoms with van der Waals surface area (Å²) in [6, 6.07) is 0. The lowest BCUT2D eigenvalue weighted by Crippen LogP contribution is -1.98. The van der Waals surface area contributed by atoms with Crippen LogP contribution in [0.3, 0.4) is 0 Å². The number of rotatable bonds is 8.